The molecule has 0 aliphatic rings. The van der Waals surface area contributed by atoms with Crippen LogP contribution in [0.3, 0.4) is 0 Å². The molecule has 1 aromatic rings. The first kappa shape index (κ1) is 14.7. The fourth-order valence-electron chi connectivity index (χ4n) is 1.24. The zero-order valence-electron chi connectivity index (χ0n) is 9.52. The van der Waals surface area contributed by atoms with Crippen LogP contribution in [0.1, 0.15) is 6.92 Å². The number of halogens is 5. The quantitative estimate of drug-likeness (QED) is 0.830. The third kappa shape index (κ3) is 5.31. The number of nitrogens with one attached hydrogen (secondary N) is 1. The summed E-state index contributed by atoms with van der Waals surface area (Å²) in [5.74, 6) is -2.01. The SMILES string of the molecule is CC(CNCC(F)(F)F)Oc1ccc(F)c(F)c1. The molecular formula is C11H12F5NO. The molecule has 0 amide bonds. The molecule has 7 heteroatoms. The van der Waals surface area contributed by atoms with Gasteiger partial charge in [0.25, 0.3) is 0 Å². The van der Waals surface area contributed by atoms with Gasteiger partial charge in [-0.2, -0.15) is 13.2 Å². The van der Waals surface area contributed by atoms with Crippen molar-refractivity contribution in [3.05, 3.63) is 29.8 Å². The van der Waals surface area contributed by atoms with Crippen LogP contribution < -0.4 is 10.1 Å². The molecule has 0 aliphatic heterocycles. The normalized spacial score (nSPS) is 13.4. The van der Waals surface area contributed by atoms with Crippen LogP contribution in [0, 0.1) is 11.6 Å². The van der Waals surface area contributed by atoms with Crippen LogP contribution in [0.25, 0.3) is 0 Å². The summed E-state index contributed by atoms with van der Waals surface area (Å²) in [6, 6.07) is 2.94. The first-order chi connectivity index (χ1) is 8.28. The highest BCUT2D eigenvalue weighted by molar-refractivity contribution is 5.23. The molecule has 0 saturated heterocycles. The van der Waals surface area contributed by atoms with Crippen LogP contribution in [0.4, 0.5) is 22.0 Å². The fraction of sp³-hybridized carbons (Fsp3) is 0.455. The Labute approximate surface area is 101 Å². The highest BCUT2D eigenvalue weighted by atomic mass is 19.4. The third-order valence-electron chi connectivity index (χ3n) is 1.99. The first-order valence-electron chi connectivity index (χ1n) is 5.17. The zero-order chi connectivity index (χ0) is 13.8. The van der Waals surface area contributed by atoms with E-state index in [-0.39, 0.29) is 12.3 Å². The van der Waals surface area contributed by atoms with Crippen LogP contribution in [0.5, 0.6) is 5.75 Å². The highest BCUT2D eigenvalue weighted by Gasteiger charge is 2.26. The molecule has 1 atom stereocenters. The largest absolute Gasteiger partial charge is 0.489 e. The molecule has 0 aliphatic carbocycles. The Balaban J connectivity index is 2.40. The van der Waals surface area contributed by atoms with Gasteiger partial charge in [0.1, 0.15) is 11.9 Å². The van der Waals surface area contributed by atoms with E-state index in [0.29, 0.717) is 0 Å². The lowest BCUT2D eigenvalue weighted by molar-refractivity contribution is -0.125. The van der Waals surface area contributed by atoms with E-state index in [1.807, 2.05) is 0 Å². The summed E-state index contributed by atoms with van der Waals surface area (Å²) in [6.07, 6.45) is -4.89. The average molecular weight is 269 g/mol. The Morgan fingerprint density at radius 1 is 1.22 bits per heavy atom. The first-order valence-corrected chi connectivity index (χ1v) is 5.17. The molecule has 0 spiro atoms. The number of hydrogen-bond acceptors (Lipinski definition) is 2. The van der Waals surface area contributed by atoms with Gasteiger partial charge in [-0.25, -0.2) is 8.78 Å². The molecule has 0 saturated carbocycles. The number of alkyl halides is 3. The Morgan fingerprint density at radius 3 is 2.44 bits per heavy atom. The summed E-state index contributed by atoms with van der Waals surface area (Å²) in [5.41, 5.74) is 0. The molecule has 0 heterocycles. The van der Waals surface area contributed by atoms with Crippen molar-refractivity contribution >= 4 is 0 Å². The number of ether oxygens (including phenoxy) is 1. The lowest BCUT2D eigenvalue weighted by Crippen LogP contribution is -2.35. The molecule has 0 bridgehead atoms. The third-order valence-corrected chi connectivity index (χ3v) is 1.99. The molecule has 1 unspecified atom stereocenters. The molecule has 0 radical (unpaired) electrons. The van der Waals surface area contributed by atoms with Gasteiger partial charge in [0.15, 0.2) is 11.6 Å². The van der Waals surface area contributed by atoms with Gasteiger partial charge in [0.05, 0.1) is 6.54 Å². The minimum absolute atomic E-state index is 0.0570. The zero-order valence-corrected chi connectivity index (χ0v) is 9.52. The van der Waals surface area contributed by atoms with Crippen molar-refractivity contribution in [2.24, 2.45) is 0 Å². The van der Waals surface area contributed by atoms with E-state index in [1.165, 1.54) is 13.0 Å². The molecule has 0 fully saturated rings. The van der Waals surface area contributed by atoms with Gasteiger partial charge < -0.3 is 10.1 Å². The Hall–Kier alpha value is -1.37. The van der Waals surface area contributed by atoms with Gasteiger partial charge in [0, 0.05) is 12.6 Å². The van der Waals surface area contributed by atoms with E-state index >= 15 is 0 Å². The molecule has 1 N–H and O–H groups in total. The van der Waals surface area contributed by atoms with Gasteiger partial charge >= 0.3 is 6.18 Å². The van der Waals surface area contributed by atoms with Crippen molar-refractivity contribution < 1.29 is 26.7 Å². The van der Waals surface area contributed by atoms with Gasteiger partial charge in [0.2, 0.25) is 0 Å². The van der Waals surface area contributed by atoms with Crippen LogP contribution in [-0.4, -0.2) is 25.4 Å². The minimum Gasteiger partial charge on any atom is -0.489 e. The Bertz CT molecular complexity index is 394. The standard InChI is InChI=1S/C11H12F5NO/c1-7(5-17-6-11(14,15)16)18-8-2-3-9(12)10(13)4-8/h2-4,7,17H,5-6H2,1H3. The molecule has 1 rings (SSSR count). The van der Waals surface area contributed by atoms with E-state index in [4.69, 9.17) is 4.74 Å². The highest BCUT2D eigenvalue weighted by Crippen LogP contribution is 2.17. The topological polar surface area (TPSA) is 21.3 Å². The Morgan fingerprint density at radius 2 is 1.89 bits per heavy atom. The number of benzene rings is 1. The van der Waals surface area contributed by atoms with Crippen molar-refractivity contribution in [2.75, 3.05) is 13.1 Å². The Kier molecular flexibility index (Phi) is 4.89. The second kappa shape index (κ2) is 5.99. The smallest absolute Gasteiger partial charge is 0.401 e. The summed E-state index contributed by atoms with van der Waals surface area (Å²) in [7, 11) is 0. The summed E-state index contributed by atoms with van der Waals surface area (Å²) in [5, 5.41) is 2.15. The van der Waals surface area contributed by atoms with Crippen molar-refractivity contribution in [1.82, 2.24) is 5.32 Å². The maximum Gasteiger partial charge on any atom is 0.401 e. The summed E-state index contributed by atoms with van der Waals surface area (Å²) in [6.45, 7) is 0.335. The maximum absolute atomic E-state index is 12.8. The summed E-state index contributed by atoms with van der Waals surface area (Å²) < 4.78 is 66.1. The van der Waals surface area contributed by atoms with Gasteiger partial charge in [-0.15, -0.1) is 0 Å². The van der Waals surface area contributed by atoms with Gasteiger partial charge in [-0.1, -0.05) is 0 Å². The predicted octanol–water partition coefficient (Wildman–Crippen LogP) is 2.88. The fourth-order valence-corrected chi connectivity index (χ4v) is 1.24. The summed E-state index contributed by atoms with van der Waals surface area (Å²) in [4.78, 5) is 0. The van der Waals surface area contributed by atoms with E-state index in [1.54, 1.807) is 0 Å². The molecular weight excluding hydrogens is 257 g/mol. The molecule has 2 nitrogen and oxygen atoms in total. The van der Waals surface area contributed by atoms with Crippen molar-refractivity contribution in [1.29, 1.82) is 0 Å². The second-order valence-corrected chi connectivity index (χ2v) is 3.75. The lowest BCUT2D eigenvalue weighted by atomic mass is 10.3. The van der Waals surface area contributed by atoms with Crippen LogP contribution in [-0.2, 0) is 0 Å². The van der Waals surface area contributed by atoms with E-state index in [0.717, 1.165) is 12.1 Å². The number of rotatable bonds is 5. The van der Waals surface area contributed by atoms with Gasteiger partial charge in [-0.3, -0.25) is 0 Å². The minimum atomic E-state index is -4.29. The van der Waals surface area contributed by atoms with Crippen molar-refractivity contribution in [3.63, 3.8) is 0 Å². The van der Waals surface area contributed by atoms with E-state index < -0.39 is 30.5 Å². The van der Waals surface area contributed by atoms with E-state index in [9.17, 15) is 22.0 Å². The molecule has 1 aromatic carbocycles. The van der Waals surface area contributed by atoms with Crippen LogP contribution >= 0.6 is 0 Å². The monoisotopic (exact) mass is 269 g/mol. The summed E-state index contributed by atoms with van der Waals surface area (Å²) >= 11 is 0. The molecule has 0 aromatic heterocycles. The van der Waals surface area contributed by atoms with Crippen LogP contribution in [0.2, 0.25) is 0 Å². The lowest BCUT2D eigenvalue weighted by Gasteiger charge is -2.16. The molecule has 102 valence electrons. The average Bonchev–Trinajstić information content (AvgIpc) is 2.21. The molecule has 18 heavy (non-hydrogen) atoms. The van der Waals surface area contributed by atoms with E-state index in [2.05, 4.69) is 5.32 Å². The predicted molar refractivity (Wildman–Crippen MR) is 55.4 cm³/mol. The van der Waals surface area contributed by atoms with Crippen LogP contribution in [0.15, 0.2) is 18.2 Å². The van der Waals surface area contributed by atoms with Crippen molar-refractivity contribution in [2.45, 2.75) is 19.2 Å². The van der Waals surface area contributed by atoms with Gasteiger partial charge in [-0.05, 0) is 19.1 Å². The number of hydrogen-bond donors (Lipinski definition) is 1. The van der Waals surface area contributed by atoms with Crippen molar-refractivity contribution in [3.8, 4) is 5.75 Å². The maximum atomic E-state index is 12.8. The second-order valence-electron chi connectivity index (χ2n) is 3.75.